The van der Waals surface area contributed by atoms with E-state index < -0.39 is 15.8 Å². The molecule has 6 heteroatoms. The first-order valence-electron chi connectivity index (χ1n) is 7.20. The van der Waals surface area contributed by atoms with Gasteiger partial charge in [0, 0.05) is 6.04 Å². The van der Waals surface area contributed by atoms with Crippen LogP contribution in [0.15, 0.2) is 29.2 Å². The van der Waals surface area contributed by atoms with Gasteiger partial charge in [0.05, 0.1) is 22.6 Å². The molecule has 0 radical (unpaired) electrons. The van der Waals surface area contributed by atoms with Gasteiger partial charge in [0.2, 0.25) is 0 Å². The Balaban J connectivity index is 1.88. The number of rotatable bonds is 2. The number of nitrogens with zero attached hydrogens (tertiary/aromatic N) is 1. The Morgan fingerprint density at radius 2 is 2.05 bits per heavy atom. The topological polar surface area (TPSA) is 74.7 Å². The highest BCUT2D eigenvalue weighted by Crippen LogP contribution is 2.40. The Hall–Kier alpha value is -1.40. The highest BCUT2D eigenvalue weighted by molar-refractivity contribution is 7.91. The Morgan fingerprint density at radius 1 is 1.33 bits per heavy atom. The zero-order valence-corrected chi connectivity index (χ0v) is 12.7. The van der Waals surface area contributed by atoms with Crippen LogP contribution in [-0.4, -0.2) is 42.7 Å². The van der Waals surface area contributed by atoms with Gasteiger partial charge in [0.1, 0.15) is 0 Å². The normalized spacial score (nSPS) is 31.8. The quantitative estimate of drug-likeness (QED) is 0.900. The van der Waals surface area contributed by atoms with E-state index in [1.807, 2.05) is 19.1 Å². The molecule has 0 aliphatic carbocycles. The van der Waals surface area contributed by atoms with E-state index in [1.165, 1.54) is 0 Å². The molecule has 0 spiro atoms. The Kier molecular flexibility index (Phi) is 3.53. The number of carboxylic acids is 1. The van der Waals surface area contributed by atoms with Gasteiger partial charge >= 0.3 is 5.97 Å². The van der Waals surface area contributed by atoms with E-state index in [2.05, 4.69) is 4.90 Å². The SMILES string of the molecule is CC1CC(C(=O)O)CCN1C1CS(=O)(=O)c2ccccc21. The lowest BCUT2D eigenvalue weighted by molar-refractivity contribution is -0.144. The third-order valence-corrected chi connectivity index (χ3v) is 6.46. The largest absolute Gasteiger partial charge is 0.481 e. The monoisotopic (exact) mass is 309 g/mol. The second-order valence-corrected chi connectivity index (χ2v) is 7.98. The molecule has 2 aliphatic rings. The number of carbonyl (C=O) groups is 1. The second kappa shape index (κ2) is 5.10. The van der Waals surface area contributed by atoms with Crippen molar-refractivity contribution in [2.75, 3.05) is 12.3 Å². The molecule has 1 aromatic rings. The summed E-state index contributed by atoms with van der Waals surface area (Å²) in [4.78, 5) is 13.7. The number of likely N-dealkylation sites (tertiary alicyclic amines) is 1. The first kappa shape index (κ1) is 14.5. The molecule has 1 fully saturated rings. The summed E-state index contributed by atoms with van der Waals surface area (Å²) < 4.78 is 24.5. The van der Waals surface area contributed by atoms with Crippen LogP contribution in [0.25, 0.3) is 0 Å². The third kappa shape index (κ3) is 2.46. The van der Waals surface area contributed by atoms with Crippen molar-refractivity contribution in [3.8, 4) is 0 Å². The number of hydrogen-bond acceptors (Lipinski definition) is 4. The predicted octanol–water partition coefficient (Wildman–Crippen LogP) is 1.70. The molecule has 1 N–H and O–H groups in total. The van der Waals surface area contributed by atoms with E-state index in [-0.39, 0.29) is 23.8 Å². The molecule has 3 rings (SSSR count). The first-order valence-corrected chi connectivity index (χ1v) is 8.85. The predicted molar refractivity (Wildman–Crippen MR) is 77.8 cm³/mol. The second-order valence-electron chi connectivity index (χ2n) is 5.98. The minimum absolute atomic E-state index is 0.0752. The van der Waals surface area contributed by atoms with E-state index in [0.717, 1.165) is 5.56 Å². The standard InChI is InChI=1S/C15H19NO4S/c1-10-8-11(15(17)18)6-7-16(10)13-9-21(19,20)14-5-3-2-4-12(13)14/h2-5,10-11,13H,6-9H2,1H3,(H,17,18). The summed E-state index contributed by atoms with van der Waals surface area (Å²) in [5, 5.41) is 9.13. The van der Waals surface area contributed by atoms with E-state index in [0.29, 0.717) is 24.3 Å². The number of benzene rings is 1. The number of piperidine rings is 1. The van der Waals surface area contributed by atoms with Crippen molar-refractivity contribution in [3.05, 3.63) is 29.8 Å². The van der Waals surface area contributed by atoms with Crippen LogP contribution in [0.3, 0.4) is 0 Å². The lowest BCUT2D eigenvalue weighted by Gasteiger charge is -2.40. The van der Waals surface area contributed by atoms with Crippen molar-refractivity contribution < 1.29 is 18.3 Å². The van der Waals surface area contributed by atoms with Gasteiger partial charge in [-0.2, -0.15) is 0 Å². The van der Waals surface area contributed by atoms with E-state index >= 15 is 0 Å². The minimum Gasteiger partial charge on any atom is -0.481 e. The van der Waals surface area contributed by atoms with E-state index in [9.17, 15) is 13.2 Å². The molecule has 0 amide bonds. The van der Waals surface area contributed by atoms with Crippen LogP contribution in [0, 0.1) is 5.92 Å². The molecule has 21 heavy (non-hydrogen) atoms. The van der Waals surface area contributed by atoms with Crippen LogP contribution in [0.4, 0.5) is 0 Å². The zero-order valence-electron chi connectivity index (χ0n) is 11.9. The summed E-state index contributed by atoms with van der Waals surface area (Å²) in [6, 6.07) is 7.09. The molecule has 2 heterocycles. The highest BCUT2D eigenvalue weighted by atomic mass is 32.2. The van der Waals surface area contributed by atoms with Crippen molar-refractivity contribution in [1.82, 2.24) is 4.90 Å². The molecule has 1 aromatic carbocycles. The molecule has 0 saturated carbocycles. The van der Waals surface area contributed by atoms with E-state index in [1.54, 1.807) is 12.1 Å². The van der Waals surface area contributed by atoms with Crippen LogP contribution >= 0.6 is 0 Å². The summed E-state index contributed by atoms with van der Waals surface area (Å²) in [6.45, 7) is 2.62. The molecular formula is C15H19NO4S. The fraction of sp³-hybridized carbons (Fsp3) is 0.533. The van der Waals surface area contributed by atoms with Gasteiger partial charge in [0.15, 0.2) is 9.84 Å². The molecule has 1 saturated heterocycles. The summed E-state index contributed by atoms with van der Waals surface area (Å²) in [6.07, 6.45) is 1.16. The Labute approximate surface area is 124 Å². The number of sulfone groups is 1. The summed E-state index contributed by atoms with van der Waals surface area (Å²) in [7, 11) is -3.22. The fourth-order valence-corrected chi connectivity index (χ4v) is 5.39. The Morgan fingerprint density at radius 3 is 2.71 bits per heavy atom. The minimum atomic E-state index is -3.22. The van der Waals surface area contributed by atoms with Crippen molar-refractivity contribution >= 4 is 15.8 Å². The van der Waals surface area contributed by atoms with Gasteiger partial charge in [-0.15, -0.1) is 0 Å². The van der Waals surface area contributed by atoms with Crippen molar-refractivity contribution in [2.24, 2.45) is 5.92 Å². The number of fused-ring (bicyclic) bond motifs is 1. The highest BCUT2D eigenvalue weighted by Gasteiger charge is 2.41. The lowest BCUT2D eigenvalue weighted by atomic mass is 9.90. The van der Waals surface area contributed by atoms with Crippen LogP contribution in [0.2, 0.25) is 0 Å². The maximum Gasteiger partial charge on any atom is 0.306 e. The molecule has 0 aromatic heterocycles. The lowest BCUT2D eigenvalue weighted by Crippen LogP contribution is -2.45. The average molecular weight is 309 g/mol. The summed E-state index contributed by atoms with van der Waals surface area (Å²) >= 11 is 0. The number of aliphatic carboxylic acids is 1. The summed E-state index contributed by atoms with van der Waals surface area (Å²) in [5.41, 5.74) is 0.859. The smallest absolute Gasteiger partial charge is 0.306 e. The van der Waals surface area contributed by atoms with Gasteiger partial charge in [-0.25, -0.2) is 8.42 Å². The van der Waals surface area contributed by atoms with Gasteiger partial charge < -0.3 is 5.11 Å². The van der Waals surface area contributed by atoms with E-state index in [4.69, 9.17) is 5.11 Å². The van der Waals surface area contributed by atoms with Gasteiger partial charge in [0.25, 0.3) is 0 Å². The first-order chi connectivity index (χ1) is 9.90. The molecule has 5 nitrogen and oxygen atoms in total. The van der Waals surface area contributed by atoms with Crippen molar-refractivity contribution in [3.63, 3.8) is 0 Å². The van der Waals surface area contributed by atoms with Gasteiger partial charge in [-0.05, 0) is 37.9 Å². The third-order valence-electron chi connectivity index (χ3n) is 4.67. The van der Waals surface area contributed by atoms with Gasteiger partial charge in [-0.1, -0.05) is 18.2 Å². The Bertz CT molecular complexity index is 670. The molecular weight excluding hydrogens is 290 g/mol. The molecule has 3 atom stereocenters. The van der Waals surface area contributed by atoms with Gasteiger partial charge in [-0.3, -0.25) is 9.69 Å². The van der Waals surface area contributed by atoms with Crippen LogP contribution in [0.5, 0.6) is 0 Å². The molecule has 2 aliphatic heterocycles. The maximum absolute atomic E-state index is 12.3. The van der Waals surface area contributed by atoms with Crippen LogP contribution in [-0.2, 0) is 14.6 Å². The summed E-state index contributed by atoms with van der Waals surface area (Å²) in [5.74, 6) is -0.959. The number of hydrogen-bond donors (Lipinski definition) is 1. The number of carboxylic acid groups (broad SMARTS) is 1. The molecule has 114 valence electrons. The maximum atomic E-state index is 12.3. The average Bonchev–Trinajstić information content (AvgIpc) is 2.71. The van der Waals surface area contributed by atoms with Crippen LogP contribution < -0.4 is 0 Å². The fourth-order valence-electron chi connectivity index (χ4n) is 3.58. The molecule has 3 unspecified atom stereocenters. The molecule has 0 bridgehead atoms. The zero-order chi connectivity index (χ0) is 15.2. The van der Waals surface area contributed by atoms with Crippen molar-refractivity contribution in [2.45, 2.75) is 36.7 Å². The van der Waals surface area contributed by atoms with Crippen LogP contribution in [0.1, 0.15) is 31.4 Å². The van der Waals surface area contributed by atoms with Crippen molar-refractivity contribution in [1.29, 1.82) is 0 Å².